The predicted octanol–water partition coefficient (Wildman–Crippen LogP) is 3.27. The second-order valence-corrected chi connectivity index (χ2v) is 4.44. The highest BCUT2D eigenvalue weighted by atomic mass is 16.3. The third kappa shape index (κ3) is 1.94. The van der Waals surface area contributed by atoms with Gasteiger partial charge in [-0.1, -0.05) is 36.4 Å². The van der Waals surface area contributed by atoms with E-state index in [2.05, 4.69) is 6.07 Å². The van der Waals surface area contributed by atoms with Crippen molar-refractivity contribution in [2.24, 2.45) is 0 Å². The average Bonchev–Trinajstić information content (AvgIpc) is 2.77. The van der Waals surface area contributed by atoms with Gasteiger partial charge >= 0.3 is 0 Å². The Hall–Kier alpha value is -2.73. The van der Waals surface area contributed by atoms with Crippen LogP contribution in [0.3, 0.4) is 0 Å². The Morgan fingerprint density at radius 3 is 2.58 bits per heavy atom. The third-order valence-electron chi connectivity index (χ3n) is 3.25. The van der Waals surface area contributed by atoms with E-state index in [0.29, 0.717) is 12.1 Å². The molecule has 3 aromatic rings. The number of rotatable bonds is 2. The Balaban J connectivity index is 2.07. The summed E-state index contributed by atoms with van der Waals surface area (Å²) in [6.07, 6.45) is 1.90. The van der Waals surface area contributed by atoms with E-state index in [0.717, 1.165) is 16.3 Å². The molecular weight excluding hydrogens is 236 g/mol. The van der Waals surface area contributed by atoms with Crippen LogP contribution in [0.5, 0.6) is 5.88 Å². The number of fused-ring (bicyclic) bond motifs is 1. The number of benzene rings is 2. The Kier molecular flexibility index (Phi) is 2.70. The molecule has 3 rings (SSSR count). The third-order valence-corrected chi connectivity index (χ3v) is 3.25. The SMILES string of the molecule is N#Cc1ccccc1Cn1cc2ccccc2c1O. The first-order valence-corrected chi connectivity index (χ1v) is 6.04. The lowest BCUT2D eigenvalue weighted by Gasteiger charge is -2.06. The van der Waals surface area contributed by atoms with Gasteiger partial charge in [-0.15, -0.1) is 0 Å². The van der Waals surface area contributed by atoms with Crippen molar-refractivity contribution in [1.82, 2.24) is 4.57 Å². The van der Waals surface area contributed by atoms with E-state index >= 15 is 0 Å². The largest absolute Gasteiger partial charge is 0.494 e. The van der Waals surface area contributed by atoms with E-state index < -0.39 is 0 Å². The number of nitrogens with zero attached hydrogens (tertiary/aromatic N) is 2. The van der Waals surface area contributed by atoms with Gasteiger partial charge in [-0.25, -0.2) is 0 Å². The van der Waals surface area contributed by atoms with Crippen LogP contribution in [0.4, 0.5) is 0 Å². The molecule has 92 valence electrons. The summed E-state index contributed by atoms with van der Waals surface area (Å²) in [6.45, 7) is 0.490. The molecule has 0 aliphatic heterocycles. The molecule has 1 N–H and O–H groups in total. The molecule has 3 nitrogen and oxygen atoms in total. The highest BCUT2D eigenvalue weighted by Gasteiger charge is 2.09. The van der Waals surface area contributed by atoms with Gasteiger partial charge < -0.3 is 9.67 Å². The summed E-state index contributed by atoms with van der Waals surface area (Å²) in [5.74, 6) is 0.239. The summed E-state index contributed by atoms with van der Waals surface area (Å²) in [4.78, 5) is 0. The lowest BCUT2D eigenvalue weighted by molar-refractivity contribution is 0.430. The summed E-state index contributed by atoms with van der Waals surface area (Å²) in [5, 5.41) is 21.1. The maximum Gasteiger partial charge on any atom is 0.199 e. The Labute approximate surface area is 111 Å². The van der Waals surface area contributed by atoms with E-state index in [4.69, 9.17) is 5.26 Å². The first kappa shape index (κ1) is 11.4. The van der Waals surface area contributed by atoms with Crippen molar-refractivity contribution in [3.05, 3.63) is 65.9 Å². The Morgan fingerprint density at radius 1 is 1.05 bits per heavy atom. The zero-order chi connectivity index (χ0) is 13.2. The van der Waals surface area contributed by atoms with Crippen LogP contribution in [0.25, 0.3) is 10.8 Å². The number of nitriles is 1. The smallest absolute Gasteiger partial charge is 0.199 e. The van der Waals surface area contributed by atoms with Crippen molar-refractivity contribution in [3.8, 4) is 11.9 Å². The molecule has 3 heteroatoms. The molecule has 0 bridgehead atoms. The fourth-order valence-electron chi connectivity index (χ4n) is 2.27. The molecule has 0 spiro atoms. The van der Waals surface area contributed by atoms with Gasteiger partial charge in [0, 0.05) is 17.0 Å². The molecule has 1 aromatic heterocycles. The second kappa shape index (κ2) is 4.51. The lowest BCUT2D eigenvalue weighted by Crippen LogP contribution is -1.99. The standard InChI is InChI=1S/C16H12N2O/c17-9-12-5-1-2-6-13(12)10-18-11-14-7-3-4-8-15(14)16(18)19/h1-8,11,19H,10H2. The van der Waals surface area contributed by atoms with E-state index in [1.807, 2.05) is 48.7 Å². The first-order chi connectivity index (χ1) is 9.29. The van der Waals surface area contributed by atoms with Crippen molar-refractivity contribution in [1.29, 1.82) is 5.26 Å². The molecule has 0 saturated carbocycles. The van der Waals surface area contributed by atoms with Gasteiger partial charge in [-0.2, -0.15) is 5.26 Å². The zero-order valence-corrected chi connectivity index (χ0v) is 10.2. The van der Waals surface area contributed by atoms with Crippen LogP contribution in [-0.2, 0) is 6.54 Å². The van der Waals surface area contributed by atoms with Gasteiger partial charge in [0.1, 0.15) is 0 Å². The maximum absolute atomic E-state index is 10.2. The molecular formula is C16H12N2O. The summed E-state index contributed by atoms with van der Waals surface area (Å²) in [6, 6.07) is 17.3. The molecule has 2 aromatic carbocycles. The van der Waals surface area contributed by atoms with Crippen molar-refractivity contribution in [2.45, 2.75) is 6.54 Å². The molecule has 0 fully saturated rings. The van der Waals surface area contributed by atoms with Gasteiger partial charge in [0.05, 0.1) is 18.2 Å². The molecule has 19 heavy (non-hydrogen) atoms. The van der Waals surface area contributed by atoms with Crippen LogP contribution < -0.4 is 0 Å². The van der Waals surface area contributed by atoms with Crippen molar-refractivity contribution >= 4 is 10.8 Å². The maximum atomic E-state index is 10.2. The topological polar surface area (TPSA) is 49.0 Å². The highest BCUT2D eigenvalue weighted by molar-refractivity contribution is 5.87. The van der Waals surface area contributed by atoms with Crippen LogP contribution in [0.15, 0.2) is 54.7 Å². The quantitative estimate of drug-likeness (QED) is 0.756. The summed E-state index contributed by atoms with van der Waals surface area (Å²) < 4.78 is 1.76. The molecule has 0 aliphatic rings. The van der Waals surface area contributed by atoms with Crippen LogP contribution in [0.2, 0.25) is 0 Å². The molecule has 0 atom stereocenters. The van der Waals surface area contributed by atoms with Crippen molar-refractivity contribution in [3.63, 3.8) is 0 Å². The highest BCUT2D eigenvalue weighted by Crippen LogP contribution is 2.27. The van der Waals surface area contributed by atoms with Crippen LogP contribution >= 0.6 is 0 Å². The van der Waals surface area contributed by atoms with Gasteiger partial charge in [-0.05, 0) is 17.7 Å². The Morgan fingerprint density at radius 2 is 1.79 bits per heavy atom. The van der Waals surface area contributed by atoms with E-state index in [9.17, 15) is 5.11 Å². The minimum Gasteiger partial charge on any atom is -0.494 e. The van der Waals surface area contributed by atoms with Crippen LogP contribution in [0, 0.1) is 11.3 Å². The monoisotopic (exact) mass is 248 g/mol. The first-order valence-electron chi connectivity index (χ1n) is 6.04. The fourth-order valence-corrected chi connectivity index (χ4v) is 2.27. The van der Waals surface area contributed by atoms with Gasteiger partial charge in [0.15, 0.2) is 5.88 Å². The zero-order valence-electron chi connectivity index (χ0n) is 10.2. The minimum absolute atomic E-state index is 0.239. The Bertz CT molecular complexity index is 781. The summed E-state index contributed by atoms with van der Waals surface area (Å²) >= 11 is 0. The molecule has 0 saturated heterocycles. The van der Waals surface area contributed by atoms with Crippen molar-refractivity contribution < 1.29 is 5.11 Å². The molecule has 1 heterocycles. The average molecular weight is 248 g/mol. The van der Waals surface area contributed by atoms with E-state index in [1.54, 1.807) is 10.6 Å². The minimum atomic E-state index is 0.239. The lowest BCUT2D eigenvalue weighted by atomic mass is 10.1. The van der Waals surface area contributed by atoms with Crippen molar-refractivity contribution in [2.75, 3.05) is 0 Å². The second-order valence-electron chi connectivity index (χ2n) is 4.44. The number of hydrogen-bond acceptors (Lipinski definition) is 2. The fraction of sp³-hybridized carbons (Fsp3) is 0.0625. The molecule has 0 aliphatic carbocycles. The number of hydrogen-bond donors (Lipinski definition) is 1. The summed E-state index contributed by atoms with van der Waals surface area (Å²) in [5.41, 5.74) is 1.54. The van der Waals surface area contributed by atoms with Crippen LogP contribution in [-0.4, -0.2) is 9.67 Å². The van der Waals surface area contributed by atoms with Gasteiger partial charge in [-0.3, -0.25) is 0 Å². The molecule has 0 radical (unpaired) electrons. The molecule has 0 unspecified atom stereocenters. The van der Waals surface area contributed by atoms with Gasteiger partial charge in [0.2, 0.25) is 0 Å². The van der Waals surface area contributed by atoms with E-state index in [-0.39, 0.29) is 5.88 Å². The normalized spacial score (nSPS) is 10.5. The predicted molar refractivity (Wildman–Crippen MR) is 73.9 cm³/mol. The summed E-state index contributed by atoms with van der Waals surface area (Å²) in [7, 11) is 0. The van der Waals surface area contributed by atoms with Crippen LogP contribution in [0.1, 0.15) is 11.1 Å². The van der Waals surface area contributed by atoms with E-state index in [1.165, 1.54) is 0 Å². The molecule has 0 amide bonds. The number of aromatic hydroxyl groups is 1. The number of aromatic nitrogens is 1. The van der Waals surface area contributed by atoms with Gasteiger partial charge in [0.25, 0.3) is 0 Å².